The summed E-state index contributed by atoms with van der Waals surface area (Å²) < 4.78 is 12.4. The van der Waals surface area contributed by atoms with E-state index in [1.54, 1.807) is 42.5 Å². The van der Waals surface area contributed by atoms with E-state index in [4.69, 9.17) is 9.47 Å². The number of nitrogens with one attached hydrogen (secondary N) is 1. The maximum Gasteiger partial charge on any atom is 0.282 e. The molecule has 0 saturated carbocycles. The molecule has 6 nitrogen and oxygen atoms in total. The Balaban J connectivity index is 1.95. The van der Waals surface area contributed by atoms with Crippen molar-refractivity contribution in [1.29, 1.82) is 0 Å². The smallest absolute Gasteiger partial charge is 0.282 e. The van der Waals surface area contributed by atoms with E-state index in [1.165, 1.54) is 5.01 Å². The average molecular weight is 459 g/mol. The van der Waals surface area contributed by atoms with Gasteiger partial charge in [-0.15, -0.1) is 0 Å². The predicted molar refractivity (Wildman–Crippen MR) is 116 cm³/mol. The summed E-state index contributed by atoms with van der Waals surface area (Å²) in [7, 11) is 0. The summed E-state index contributed by atoms with van der Waals surface area (Å²) in [6.07, 6.45) is 2.45. The third-order valence-electron chi connectivity index (χ3n) is 4.47. The molecule has 1 saturated heterocycles. The van der Waals surface area contributed by atoms with Crippen LogP contribution in [0.4, 0.5) is 5.69 Å². The molecule has 0 aromatic heterocycles. The highest BCUT2D eigenvalue weighted by Crippen LogP contribution is 2.36. The second-order valence-corrected chi connectivity index (χ2v) is 7.42. The number of carbonyl (C=O) groups excluding carboxylic acids is 2. The van der Waals surface area contributed by atoms with Crippen molar-refractivity contribution >= 4 is 39.5 Å². The highest BCUT2D eigenvalue weighted by molar-refractivity contribution is 9.10. The molecule has 152 valence electrons. The zero-order chi connectivity index (χ0) is 21.0. The Hall–Kier alpha value is -2.80. The molecule has 0 bridgehead atoms. The van der Waals surface area contributed by atoms with Gasteiger partial charge in [0.2, 0.25) is 0 Å². The summed E-state index contributed by atoms with van der Waals surface area (Å²) in [6.45, 7) is 6.38. The number of carbonyl (C=O) groups is 2. The third kappa shape index (κ3) is 4.62. The second kappa shape index (κ2) is 9.13. The zero-order valence-corrected chi connectivity index (χ0v) is 18.2. The first kappa shape index (κ1) is 20.9. The number of hydrogen-bond acceptors (Lipinski definition) is 4. The highest BCUT2D eigenvalue weighted by Gasteiger charge is 2.34. The molecule has 0 unspecified atom stereocenters. The van der Waals surface area contributed by atoms with Crippen LogP contribution in [0.2, 0.25) is 0 Å². The van der Waals surface area contributed by atoms with E-state index in [9.17, 15) is 9.59 Å². The number of hydrogen-bond donors (Lipinski definition) is 1. The van der Waals surface area contributed by atoms with E-state index < -0.39 is 11.8 Å². The molecule has 1 heterocycles. The van der Waals surface area contributed by atoms with E-state index in [1.807, 2.05) is 26.8 Å². The zero-order valence-electron chi connectivity index (χ0n) is 16.6. The van der Waals surface area contributed by atoms with Crippen molar-refractivity contribution in [2.24, 2.45) is 0 Å². The van der Waals surface area contributed by atoms with Crippen molar-refractivity contribution in [2.45, 2.75) is 33.3 Å². The Morgan fingerprint density at radius 3 is 2.52 bits per heavy atom. The number of anilines is 1. The lowest BCUT2D eigenvalue weighted by molar-refractivity contribution is -0.117. The number of benzene rings is 2. The Labute approximate surface area is 178 Å². The molecule has 0 aliphatic carbocycles. The van der Waals surface area contributed by atoms with Crippen LogP contribution in [-0.4, -0.2) is 24.5 Å². The van der Waals surface area contributed by atoms with Gasteiger partial charge < -0.3 is 9.47 Å². The Kier molecular flexibility index (Phi) is 6.59. The van der Waals surface area contributed by atoms with Crippen LogP contribution in [0.25, 0.3) is 6.08 Å². The van der Waals surface area contributed by atoms with Crippen molar-refractivity contribution < 1.29 is 19.1 Å². The maximum atomic E-state index is 12.8. The van der Waals surface area contributed by atoms with Gasteiger partial charge in [0.15, 0.2) is 11.5 Å². The van der Waals surface area contributed by atoms with E-state index in [-0.39, 0.29) is 11.7 Å². The number of hydrazine groups is 1. The maximum absolute atomic E-state index is 12.8. The molecule has 1 atom stereocenters. The van der Waals surface area contributed by atoms with Crippen LogP contribution in [0.15, 0.2) is 52.5 Å². The van der Waals surface area contributed by atoms with Crippen molar-refractivity contribution in [3.05, 3.63) is 58.1 Å². The molecule has 2 aromatic rings. The van der Waals surface area contributed by atoms with Crippen LogP contribution >= 0.6 is 15.9 Å². The number of ether oxygens (including phenoxy) is 2. The number of rotatable bonds is 7. The van der Waals surface area contributed by atoms with Crippen LogP contribution in [0.3, 0.4) is 0 Å². The summed E-state index contributed by atoms with van der Waals surface area (Å²) in [6, 6.07) is 12.5. The van der Waals surface area contributed by atoms with Crippen LogP contribution in [0, 0.1) is 0 Å². The largest absolute Gasteiger partial charge is 0.490 e. The summed E-state index contributed by atoms with van der Waals surface area (Å²) >= 11 is 3.51. The van der Waals surface area contributed by atoms with E-state index in [0.29, 0.717) is 33.8 Å². The molecule has 1 fully saturated rings. The Morgan fingerprint density at radius 2 is 1.86 bits per heavy atom. The van der Waals surface area contributed by atoms with Gasteiger partial charge in [-0.05, 0) is 56.2 Å². The lowest BCUT2D eigenvalue weighted by atomic mass is 10.1. The topological polar surface area (TPSA) is 67.9 Å². The lowest BCUT2D eigenvalue weighted by Gasteiger charge is -2.17. The first-order valence-corrected chi connectivity index (χ1v) is 10.3. The number of amides is 2. The van der Waals surface area contributed by atoms with Crippen molar-refractivity contribution in [1.82, 2.24) is 5.43 Å². The van der Waals surface area contributed by atoms with Gasteiger partial charge in [0, 0.05) is 4.47 Å². The molecule has 0 radical (unpaired) electrons. The molecule has 2 aromatic carbocycles. The monoisotopic (exact) mass is 458 g/mol. The number of halogens is 1. The SMILES string of the molecule is CCOc1cc(/C=C2/C(=O)NN(c3ccccc3)C2=O)c(Br)cc1O[C@H](C)CC. The van der Waals surface area contributed by atoms with Crippen molar-refractivity contribution in [2.75, 3.05) is 11.6 Å². The quantitative estimate of drug-likeness (QED) is 0.490. The van der Waals surface area contributed by atoms with E-state index in [0.717, 1.165) is 6.42 Å². The summed E-state index contributed by atoms with van der Waals surface area (Å²) in [5.74, 6) is 0.312. The van der Waals surface area contributed by atoms with Crippen molar-refractivity contribution in [3.8, 4) is 11.5 Å². The van der Waals surface area contributed by atoms with Crippen molar-refractivity contribution in [3.63, 3.8) is 0 Å². The average Bonchev–Trinajstić information content (AvgIpc) is 3.00. The molecule has 1 aliphatic rings. The van der Waals surface area contributed by atoms with Gasteiger partial charge in [-0.3, -0.25) is 15.0 Å². The van der Waals surface area contributed by atoms with Gasteiger partial charge >= 0.3 is 0 Å². The fraction of sp³-hybridized carbons (Fsp3) is 0.273. The highest BCUT2D eigenvalue weighted by atomic mass is 79.9. The minimum Gasteiger partial charge on any atom is -0.490 e. The summed E-state index contributed by atoms with van der Waals surface area (Å²) in [5.41, 5.74) is 3.90. The minimum atomic E-state index is -0.455. The van der Waals surface area contributed by atoms with Crippen LogP contribution in [0.1, 0.15) is 32.8 Å². The van der Waals surface area contributed by atoms with Crippen LogP contribution in [0.5, 0.6) is 11.5 Å². The number of nitrogens with zero attached hydrogens (tertiary/aromatic N) is 1. The molecule has 7 heteroatoms. The van der Waals surface area contributed by atoms with E-state index >= 15 is 0 Å². The fourth-order valence-electron chi connectivity index (χ4n) is 2.79. The molecule has 1 N–H and O–H groups in total. The molecule has 29 heavy (non-hydrogen) atoms. The Bertz CT molecular complexity index is 943. The normalized spacial score (nSPS) is 16.1. The predicted octanol–water partition coefficient (Wildman–Crippen LogP) is 4.49. The van der Waals surface area contributed by atoms with Gasteiger partial charge in [-0.2, -0.15) is 0 Å². The standard InChI is InChI=1S/C22H23BrN2O4/c1-4-14(3)29-20-13-18(23)15(12-19(20)28-5-2)11-17-21(26)24-25(22(17)27)16-9-7-6-8-10-16/h6-14H,4-5H2,1-3H3,(H,24,26)/b17-11-/t14-/m1/s1. The second-order valence-electron chi connectivity index (χ2n) is 6.57. The first-order valence-electron chi connectivity index (χ1n) is 9.49. The summed E-state index contributed by atoms with van der Waals surface area (Å²) in [4.78, 5) is 25.2. The molecule has 3 rings (SSSR count). The lowest BCUT2D eigenvalue weighted by Crippen LogP contribution is -2.35. The molecule has 2 amide bonds. The van der Waals surface area contributed by atoms with Crippen LogP contribution < -0.4 is 19.9 Å². The first-order chi connectivity index (χ1) is 13.9. The molecule has 0 spiro atoms. The fourth-order valence-corrected chi connectivity index (χ4v) is 3.23. The van der Waals surface area contributed by atoms with Gasteiger partial charge in [-0.1, -0.05) is 41.1 Å². The van der Waals surface area contributed by atoms with Gasteiger partial charge in [0.05, 0.1) is 18.4 Å². The molecular formula is C22H23BrN2O4. The number of para-hydroxylation sites is 1. The minimum absolute atomic E-state index is 0.0342. The summed E-state index contributed by atoms with van der Waals surface area (Å²) in [5, 5.41) is 1.24. The van der Waals surface area contributed by atoms with Gasteiger partial charge in [0.25, 0.3) is 11.8 Å². The Morgan fingerprint density at radius 1 is 1.14 bits per heavy atom. The van der Waals surface area contributed by atoms with E-state index in [2.05, 4.69) is 21.4 Å². The van der Waals surface area contributed by atoms with Gasteiger partial charge in [0.1, 0.15) is 5.57 Å². The van der Waals surface area contributed by atoms with Crippen LogP contribution in [-0.2, 0) is 9.59 Å². The van der Waals surface area contributed by atoms with Gasteiger partial charge in [-0.25, -0.2) is 5.01 Å². The molecular weight excluding hydrogens is 436 g/mol. The molecule has 1 aliphatic heterocycles. The third-order valence-corrected chi connectivity index (χ3v) is 5.16.